The molecule has 3 heterocycles. The van der Waals surface area contributed by atoms with Gasteiger partial charge in [0.1, 0.15) is 6.04 Å². The highest BCUT2D eigenvalue weighted by Crippen LogP contribution is 2.66. The Labute approximate surface area is 177 Å². The molecule has 29 heavy (non-hydrogen) atoms. The lowest BCUT2D eigenvalue weighted by Gasteiger charge is -2.37. The molecule has 3 saturated heterocycles. The predicted molar refractivity (Wildman–Crippen MR) is 111 cm³/mol. The Hall–Kier alpha value is -1.28. The number of hydrogen-bond acceptors (Lipinski definition) is 6. The van der Waals surface area contributed by atoms with Crippen molar-refractivity contribution in [1.29, 1.82) is 0 Å². The summed E-state index contributed by atoms with van der Waals surface area (Å²) in [6, 6.07) is -1.17. The van der Waals surface area contributed by atoms with Gasteiger partial charge in [-0.1, -0.05) is 13.8 Å². The number of esters is 1. The summed E-state index contributed by atoms with van der Waals surface area (Å²) < 4.78 is 4.68. The number of aliphatic hydroxyl groups is 1. The second-order valence-electron chi connectivity index (χ2n) is 9.18. The van der Waals surface area contributed by atoms with Gasteiger partial charge in [-0.15, -0.1) is 11.8 Å². The first-order valence-corrected chi connectivity index (χ1v) is 11.6. The summed E-state index contributed by atoms with van der Waals surface area (Å²) in [6.45, 7) is 9.70. The molecular formula is C21H34N2O5S. The zero-order chi connectivity index (χ0) is 21.5. The van der Waals surface area contributed by atoms with Gasteiger partial charge in [0.05, 0.1) is 35.8 Å². The van der Waals surface area contributed by atoms with Crippen molar-refractivity contribution in [2.75, 3.05) is 13.2 Å². The van der Waals surface area contributed by atoms with E-state index in [2.05, 4.69) is 5.32 Å². The number of nitrogens with one attached hydrogen (secondary N) is 1. The van der Waals surface area contributed by atoms with Crippen LogP contribution in [0.2, 0.25) is 0 Å². The summed E-state index contributed by atoms with van der Waals surface area (Å²) in [5.41, 5.74) is 0. The zero-order valence-corrected chi connectivity index (χ0v) is 18.8. The van der Waals surface area contributed by atoms with Crippen LogP contribution in [0.5, 0.6) is 0 Å². The highest BCUT2D eigenvalue weighted by atomic mass is 32.2. The quantitative estimate of drug-likeness (QED) is 0.572. The lowest BCUT2D eigenvalue weighted by molar-refractivity contribution is -0.154. The largest absolute Gasteiger partial charge is 0.466 e. The van der Waals surface area contributed by atoms with Crippen molar-refractivity contribution in [2.24, 2.45) is 17.8 Å². The average Bonchev–Trinajstić information content (AvgIpc) is 3.26. The molecule has 0 saturated carbocycles. The van der Waals surface area contributed by atoms with Crippen molar-refractivity contribution in [1.82, 2.24) is 10.2 Å². The van der Waals surface area contributed by atoms with Crippen LogP contribution in [-0.4, -0.2) is 69.1 Å². The summed E-state index contributed by atoms with van der Waals surface area (Å²) in [7, 11) is 0. The minimum absolute atomic E-state index is 0.0113. The Morgan fingerprint density at radius 1 is 1.34 bits per heavy atom. The van der Waals surface area contributed by atoms with Crippen LogP contribution in [-0.2, 0) is 19.1 Å². The second kappa shape index (κ2) is 8.46. The summed E-state index contributed by atoms with van der Waals surface area (Å²) in [5, 5.41) is 13.1. The highest BCUT2D eigenvalue weighted by Gasteiger charge is 2.74. The lowest BCUT2D eigenvalue weighted by atomic mass is 9.71. The summed E-state index contributed by atoms with van der Waals surface area (Å²) in [4.78, 5) is 41.4. The van der Waals surface area contributed by atoms with Crippen molar-refractivity contribution in [3.05, 3.63) is 0 Å². The van der Waals surface area contributed by atoms with Crippen LogP contribution < -0.4 is 5.32 Å². The van der Waals surface area contributed by atoms with Crippen molar-refractivity contribution < 1.29 is 24.2 Å². The number of aliphatic hydroxyl groups excluding tert-OH is 1. The number of thioether (sulfide) groups is 1. The summed E-state index contributed by atoms with van der Waals surface area (Å²) >= 11 is 1.62. The van der Waals surface area contributed by atoms with Crippen LogP contribution in [0.4, 0.5) is 0 Å². The maximum atomic E-state index is 13.7. The second-order valence-corrected chi connectivity index (χ2v) is 10.8. The maximum Gasteiger partial charge on any atom is 0.310 e. The van der Waals surface area contributed by atoms with Gasteiger partial charge in [0, 0.05) is 11.3 Å². The van der Waals surface area contributed by atoms with Gasteiger partial charge in [-0.25, -0.2) is 0 Å². The summed E-state index contributed by atoms with van der Waals surface area (Å²) in [6.07, 6.45) is 2.13. The van der Waals surface area contributed by atoms with Gasteiger partial charge >= 0.3 is 5.97 Å². The van der Waals surface area contributed by atoms with Gasteiger partial charge in [0.25, 0.3) is 0 Å². The van der Waals surface area contributed by atoms with Gasteiger partial charge in [0.15, 0.2) is 0 Å². The number of rotatable bonds is 8. The van der Waals surface area contributed by atoms with Crippen molar-refractivity contribution >= 4 is 29.5 Å². The van der Waals surface area contributed by atoms with E-state index in [0.29, 0.717) is 6.42 Å². The third kappa shape index (κ3) is 3.67. The topological polar surface area (TPSA) is 95.9 Å². The highest BCUT2D eigenvalue weighted by molar-refractivity contribution is 8.02. The van der Waals surface area contributed by atoms with Crippen LogP contribution >= 0.6 is 11.8 Å². The molecule has 1 spiro atoms. The van der Waals surface area contributed by atoms with Crippen LogP contribution in [0.1, 0.15) is 53.9 Å². The summed E-state index contributed by atoms with van der Waals surface area (Å²) in [5.74, 6) is -1.51. The number of ether oxygens (including phenoxy) is 1. The Morgan fingerprint density at radius 2 is 2.03 bits per heavy atom. The molecule has 0 aliphatic carbocycles. The fraction of sp³-hybridized carbons (Fsp3) is 0.857. The molecule has 3 aliphatic heterocycles. The van der Waals surface area contributed by atoms with Crippen LogP contribution in [0.15, 0.2) is 0 Å². The molecule has 8 heteroatoms. The van der Waals surface area contributed by atoms with E-state index in [0.717, 1.165) is 12.8 Å². The molecule has 0 radical (unpaired) electrons. The molecule has 2 amide bonds. The number of hydrogen-bond donors (Lipinski definition) is 2. The number of nitrogens with zero attached hydrogens (tertiary/aromatic N) is 1. The minimum Gasteiger partial charge on any atom is -0.466 e. The van der Waals surface area contributed by atoms with Gasteiger partial charge in [-0.05, 0) is 46.0 Å². The number of amides is 2. The first-order valence-electron chi connectivity index (χ1n) is 10.8. The Bertz CT molecular complexity index is 669. The number of likely N-dealkylation sites (tertiary alicyclic amines) is 1. The van der Waals surface area contributed by atoms with E-state index >= 15 is 0 Å². The van der Waals surface area contributed by atoms with Crippen molar-refractivity contribution in [2.45, 2.75) is 82.0 Å². The van der Waals surface area contributed by atoms with Crippen molar-refractivity contribution in [3.63, 3.8) is 0 Å². The molecule has 6 atom stereocenters. The number of carbonyl (C=O) groups is 3. The maximum absolute atomic E-state index is 13.7. The monoisotopic (exact) mass is 426 g/mol. The van der Waals surface area contributed by atoms with E-state index in [1.807, 2.05) is 27.7 Å². The molecule has 3 fully saturated rings. The van der Waals surface area contributed by atoms with E-state index in [9.17, 15) is 19.5 Å². The first-order chi connectivity index (χ1) is 13.7. The van der Waals surface area contributed by atoms with Crippen LogP contribution in [0.25, 0.3) is 0 Å². The Morgan fingerprint density at radius 3 is 2.59 bits per heavy atom. The molecule has 2 unspecified atom stereocenters. The molecule has 7 nitrogen and oxygen atoms in total. The third-order valence-electron chi connectivity index (χ3n) is 6.32. The molecule has 0 aromatic carbocycles. The van der Waals surface area contributed by atoms with Crippen LogP contribution in [0.3, 0.4) is 0 Å². The molecule has 164 valence electrons. The molecule has 3 aliphatic rings. The van der Waals surface area contributed by atoms with Gasteiger partial charge in [0.2, 0.25) is 11.8 Å². The average molecular weight is 427 g/mol. The van der Waals surface area contributed by atoms with E-state index in [1.165, 1.54) is 0 Å². The number of carbonyl (C=O) groups excluding carboxylic acids is 3. The molecule has 2 N–H and O–H groups in total. The van der Waals surface area contributed by atoms with E-state index in [1.54, 1.807) is 23.6 Å². The SMILES string of the molecule is CCOC(=O)[C@@H]1[C@H]2C(=O)N([C@@H](CO)CC(C)C)C(C(=O)NC(C)C)C23CC[C@H]1S3. The fourth-order valence-corrected chi connectivity index (χ4v) is 7.67. The standard InChI is InChI=1S/C21H34N2O5S/c1-6-28-20(27)15-14-7-8-21(29-14)16(15)19(26)23(13(10-24)9-11(2)3)17(21)18(25)22-12(4)5/h11-17,24H,6-10H2,1-5H3,(H,22,25)/t13-,14-,15+,16+,17?,21?/m1/s1. The molecule has 0 aromatic rings. The van der Waals surface area contributed by atoms with Gasteiger partial charge < -0.3 is 20.1 Å². The van der Waals surface area contributed by atoms with Crippen molar-refractivity contribution in [3.8, 4) is 0 Å². The Balaban J connectivity index is 2.04. The van der Waals surface area contributed by atoms with E-state index < -0.39 is 28.7 Å². The van der Waals surface area contributed by atoms with E-state index in [4.69, 9.17) is 4.74 Å². The predicted octanol–water partition coefficient (Wildman–Crippen LogP) is 1.57. The fourth-order valence-electron chi connectivity index (χ4n) is 5.47. The van der Waals surface area contributed by atoms with Crippen LogP contribution in [0, 0.1) is 17.8 Å². The molecule has 3 rings (SSSR count). The van der Waals surface area contributed by atoms with Gasteiger partial charge in [-0.2, -0.15) is 0 Å². The molecule has 0 aromatic heterocycles. The minimum atomic E-state index is -0.673. The third-order valence-corrected chi connectivity index (χ3v) is 8.28. The molecule has 2 bridgehead atoms. The lowest BCUT2D eigenvalue weighted by Crippen LogP contribution is -2.57. The van der Waals surface area contributed by atoms with E-state index in [-0.39, 0.29) is 48.2 Å². The van der Waals surface area contributed by atoms with Gasteiger partial charge in [-0.3, -0.25) is 14.4 Å². The normalized spacial score (nSPS) is 34.1. The smallest absolute Gasteiger partial charge is 0.310 e. The molecular weight excluding hydrogens is 392 g/mol. The Kier molecular flexibility index (Phi) is 6.53. The first kappa shape index (κ1) is 22.4. The number of fused-ring (bicyclic) bond motifs is 1. The zero-order valence-electron chi connectivity index (χ0n) is 18.0.